The molecule has 3 aliphatic rings. The van der Waals surface area contributed by atoms with Crippen LogP contribution in [0, 0.1) is 17.8 Å². The van der Waals surface area contributed by atoms with E-state index in [1.165, 1.54) is 0 Å². The van der Waals surface area contributed by atoms with Gasteiger partial charge >= 0.3 is 0 Å². The van der Waals surface area contributed by atoms with Gasteiger partial charge in [0, 0.05) is 28.5 Å². The summed E-state index contributed by atoms with van der Waals surface area (Å²) in [5, 5.41) is 64.2. The van der Waals surface area contributed by atoms with Gasteiger partial charge in [-0.05, 0) is 35.4 Å². The molecule has 0 aromatic heterocycles. The molecule has 11 heteroatoms. The summed E-state index contributed by atoms with van der Waals surface area (Å²) in [5.41, 5.74) is 3.14. The molecular formula is C32H31N3O8. The van der Waals surface area contributed by atoms with Crippen LogP contribution in [-0.4, -0.2) is 60.8 Å². The van der Waals surface area contributed by atoms with Crippen molar-refractivity contribution >= 4 is 45.4 Å². The van der Waals surface area contributed by atoms with Crippen LogP contribution in [0.15, 0.2) is 72.6 Å². The van der Waals surface area contributed by atoms with Gasteiger partial charge in [0.25, 0.3) is 0 Å². The van der Waals surface area contributed by atoms with Crippen LogP contribution in [-0.2, 0) is 14.4 Å². The normalized spacial score (nSPS) is 29.9. The Labute approximate surface area is 246 Å². The lowest BCUT2D eigenvalue weighted by molar-refractivity contribution is -0.186. The van der Waals surface area contributed by atoms with E-state index < -0.39 is 82.5 Å². The van der Waals surface area contributed by atoms with Crippen LogP contribution < -0.4 is 16.4 Å². The zero-order valence-corrected chi connectivity index (χ0v) is 23.1. The molecule has 3 aromatic rings. The van der Waals surface area contributed by atoms with Crippen molar-refractivity contribution in [2.75, 3.05) is 10.6 Å². The highest BCUT2D eigenvalue weighted by Gasteiger charge is 2.67. The molecule has 2 fully saturated rings. The quantitative estimate of drug-likeness (QED) is 0.162. The molecule has 3 aromatic carbocycles. The highest BCUT2D eigenvalue weighted by molar-refractivity contribution is 6.25. The highest BCUT2D eigenvalue weighted by Crippen LogP contribution is 2.56. The summed E-state index contributed by atoms with van der Waals surface area (Å²) in [4.78, 5) is 39.0. The van der Waals surface area contributed by atoms with E-state index >= 15 is 0 Å². The molecular weight excluding hydrogens is 554 g/mol. The number of aliphatic hydroxyl groups excluding tert-OH is 3. The van der Waals surface area contributed by atoms with E-state index in [1.807, 2.05) is 42.5 Å². The summed E-state index contributed by atoms with van der Waals surface area (Å²) in [6, 6.07) is 16.7. The molecule has 9 N–H and O–H groups in total. The average molecular weight is 586 g/mol. The first-order valence-electron chi connectivity index (χ1n) is 13.8. The van der Waals surface area contributed by atoms with Crippen molar-refractivity contribution in [3.8, 4) is 5.75 Å². The third kappa shape index (κ3) is 4.03. The predicted octanol–water partition coefficient (Wildman–Crippen LogP) is 2.27. The van der Waals surface area contributed by atoms with Crippen LogP contribution in [0.25, 0.3) is 16.5 Å². The number of hydrogen-bond donors (Lipinski definition) is 8. The standard InChI is InChI=1S/C32H31N3O8/c1-13-16-10-11-20(35-14(2)34-19-9-5-7-15-6-3-4-8-17(15)19)27(38)23(16)28(39)25-22(13)26(37)18-12-21(36)24(31(33)42)29(40)32(18,43)30(25)41/h3-11,13,18,21-22,24,26,34-39,43H,2,12H2,1H3,(H2,33,42)/t13-,18+,21?,22+,24?,26+,32+/m0/s1. The van der Waals surface area contributed by atoms with E-state index in [1.54, 1.807) is 19.1 Å². The maximum atomic E-state index is 13.8. The number of aromatic hydroxyl groups is 1. The molecule has 0 aliphatic heterocycles. The number of Topliss-reactive ketones (excluding diaryl/α,β-unsaturated/α-hetero) is 2. The van der Waals surface area contributed by atoms with Crippen LogP contribution in [0.4, 0.5) is 11.4 Å². The Hall–Kier alpha value is -4.71. The lowest BCUT2D eigenvalue weighted by Crippen LogP contribution is -2.70. The van der Waals surface area contributed by atoms with Gasteiger partial charge in [0.1, 0.15) is 23.2 Å². The number of nitrogens with one attached hydrogen (secondary N) is 2. The van der Waals surface area contributed by atoms with Crippen LogP contribution in [0.2, 0.25) is 0 Å². The largest absolute Gasteiger partial charge is 0.507 e. The van der Waals surface area contributed by atoms with Gasteiger partial charge in [-0.25, -0.2) is 0 Å². The minimum absolute atomic E-state index is 0.112. The predicted molar refractivity (Wildman–Crippen MR) is 158 cm³/mol. The van der Waals surface area contributed by atoms with E-state index in [0.717, 1.165) is 16.5 Å². The van der Waals surface area contributed by atoms with Gasteiger partial charge in [0.2, 0.25) is 11.7 Å². The number of nitrogens with two attached hydrogens (primary N) is 1. The number of amides is 1. The topological polar surface area (TPSA) is 202 Å². The van der Waals surface area contributed by atoms with Gasteiger partial charge in [-0.1, -0.05) is 56.0 Å². The number of ketones is 2. The SMILES string of the molecule is C=C(Nc1ccc2c(c1O)C(O)=C1C(=O)[C@]3(O)C(=O)C(C(N)=O)C(O)C[C@@H]3[C@@H](O)[C@@H]1[C@H]2C)Nc1cccc2ccccc12. The number of aliphatic hydroxyl groups is 4. The van der Waals surface area contributed by atoms with E-state index in [4.69, 9.17) is 5.73 Å². The van der Waals surface area contributed by atoms with E-state index in [0.29, 0.717) is 11.4 Å². The molecule has 0 heterocycles. The summed E-state index contributed by atoms with van der Waals surface area (Å²) in [5.74, 6) is -9.64. The monoisotopic (exact) mass is 585 g/mol. The maximum absolute atomic E-state index is 13.8. The molecule has 1 amide bonds. The Kier molecular flexibility index (Phi) is 6.57. The Morgan fingerprint density at radius 1 is 1.00 bits per heavy atom. The molecule has 43 heavy (non-hydrogen) atoms. The van der Waals surface area contributed by atoms with Gasteiger partial charge in [-0.15, -0.1) is 0 Å². The molecule has 2 unspecified atom stereocenters. The minimum atomic E-state index is -2.91. The van der Waals surface area contributed by atoms with Crippen LogP contribution in [0.1, 0.15) is 30.4 Å². The number of hydrogen-bond acceptors (Lipinski definition) is 10. The highest BCUT2D eigenvalue weighted by atomic mass is 16.3. The number of phenolic OH excluding ortho intramolecular Hbond substituents is 1. The van der Waals surface area contributed by atoms with Crippen molar-refractivity contribution in [3.05, 3.63) is 83.7 Å². The average Bonchev–Trinajstić information content (AvgIpc) is 2.96. The molecule has 6 rings (SSSR count). The molecule has 7 atom stereocenters. The second-order valence-electron chi connectivity index (χ2n) is 11.5. The first-order chi connectivity index (χ1) is 20.4. The Morgan fingerprint density at radius 3 is 2.40 bits per heavy atom. The van der Waals surface area contributed by atoms with Crippen molar-refractivity contribution in [3.63, 3.8) is 0 Å². The molecule has 3 aliphatic carbocycles. The Morgan fingerprint density at radius 2 is 1.67 bits per heavy atom. The van der Waals surface area contributed by atoms with Gasteiger partial charge < -0.3 is 41.9 Å². The smallest absolute Gasteiger partial charge is 0.230 e. The fourth-order valence-electron chi connectivity index (χ4n) is 7.09. The number of fused-ring (bicyclic) bond motifs is 4. The molecule has 2 saturated carbocycles. The zero-order valence-electron chi connectivity index (χ0n) is 23.1. The molecule has 0 radical (unpaired) electrons. The fourth-order valence-corrected chi connectivity index (χ4v) is 7.09. The number of carbonyl (C=O) groups is 3. The number of benzene rings is 3. The van der Waals surface area contributed by atoms with Crippen molar-refractivity contribution in [2.24, 2.45) is 23.5 Å². The third-order valence-electron chi connectivity index (χ3n) is 9.18. The first kappa shape index (κ1) is 28.4. The molecule has 11 nitrogen and oxygen atoms in total. The van der Waals surface area contributed by atoms with Crippen LogP contribution >= 0.6 is 0 Å². The number of primary amides is 1. The number of rotatable bonds is 5. The summed E-state index contributed by atoms with van der Waals surface area (Å²) in [6.45, 7) is 5.67. The molecule has 222 valence electrons. The van der Waals surface area contributed by atoms with E-state index in [9.17, 15) is 39.9 Å². The lowest BCUT2D eigenvalue weighted by Gasteiger charge is -2.52. The maximum Gasteiger partial charge on any atom is 0.230 e. The minimum Gasteiger partial charge on any atom is -0.507 e. The zero-order chi connectivity index (χ0) is 31.0. The second-order valence-corrected chi connectivity index (χ2v) is 11.5. The summed E-state index contributed by atoms with van der Waals surface area (Å²) >= 11 is 0. The van der Waals surface area contributed by atoms with Crippen molar-refractivity contribution in [1.82, 2.24) is 0 Å². The summed E-state index contributed by atoms with van der Waals surface area (Å²) in [6.07, 6.45) is -3.59. The van der Waals surface area contributed by atoms with Crippen molar-refractivity contribution in [2.45, 2.75) is 37.1 Å². The van der Waals surface area contributed by atoms with Crippen molar-refractivity contribution in [1.29, 1.82) is 0 Å². The van der Waals surface area contributed by atoms with Gasteiger partial charge in [0.15, 0.2) is 11.4 Å². The Balaban J connectivity index is 1.38. The summed E-state index contributed by atoms with van der Waals surface area (Å²) < 4.78 is 0. The third-order valence-corrected chi connectivity index (χ3v) is 9.18. The molecule has 0 saturated heterocycles. The fraction of sp³-hybridized carbons (Fsp3) is 0.281. The number of carbonyl (C=O) groups excluding carboxylic acids is 3. The summed E-state index contributed by atoms with van der Waals surface area (Å²) in [7, 11) is 0. The molecule has 0 spiro atoms. The Bertz CT molecular complexity index is 1760. The number of anilines is 2. The lowest BCUT2D eigenvalue weighted by atomic mass is 9.53. The number of phenols is 1. The second kappa shape index (κ2) is 9.94. The first-order valence-corrected chi connectivity index (χ1v) is 13.8. The van der Waals surface area contributed by atoms with Crippen LogP contribution in [0.5, 0.6) is 5.75 Å². The van der Waals surface area contributed by atoms with Gasteiger partial charge in [0.05, 0.1) is 23.5 Å². The van der Waals surface area contributed by atoms with Gasteiger partial charge in [-0.3, -0.25) is 14.4 Å². The van der Waals surface area contributed by atoms with Crippen molar-refractivity contribution < 1.29 is 39.9 Å². The molecule has 0 bridgehead atoms. The van der Waals surface area contributed by atoms with Gasteiger partial charge in [-0.2, -0.15) is 0 Å². The van der Waals surface area contributed by atoms with E-state index in [-0.39, 0.29) is 11.3 Å². The van der Waals surface area contributed by atoms with Crippen LogP contribution in [0.3, 0.4) is 0 Å². The van der Waals surface area contributed by atoms with E-state index in [2.05, 4.69) is 17.2 Å².